The number of fused-ring (bicyclic) bond motifs is 1. The van der Waals surface area contributed by atoms with E-state index in [1.165, 1.54) is 0 Å². The van der Waals surface area contributed by atoms with Crippen LogP contribution in [0.5, 0.6) is 0 Å². The molecule has 1 aliphatic rings. The number of carbonyl (C=O) groups excluding carboxylic acids is 1. The van der Waals surface area contributed by atoms with Crippen LogP contribution in [0.3, 0.4) is 0 Å². The van der Waals surface area contributed by atoms with Gasteiger partial charge in [-0.3, -0.25) is 4.98 Å². The number of hydrazone groups is 1. The third-order valence-electron chi connectivity index (χ3n) is 4.43. The largest absolute Gasteiger partial charge is 0.340 e. The molecule has 0 saturated carbocycles. The SMILES string of the molecule is O=C(N/N=C/c1cccnc1)N1CCc2ncnc(Nc3cccc(Br)c3)c2C1. The second kappa shape index (κ2) is 8.78. The molecule has 0 unspecified atom stereocenters. The highest BCUT2D eigenvalue weighted by molar-refractivity contribution is 9.10. The standard InChI is InChI=1S/C20H18BrN7O/c21-15-4-1-5-16(9-15)26-19-17-12-28(8-6-18(17)23-13-24-19)20(29)27-25-11-14-3-2-7-22-10-14/h1-5,7,9-11,13H,6,8,12H2,(H,27,29)(H,23,24,26)/b25-11+. The maximum atomic E-state index is 12.5. The molecule has 1 aliphatic heterocycles. The Morgan fingerprint density at radius 2 is 2.17 bits per heavy atom. The van der Waals surface area contributed by atoms with Crippen molar-refractivity contribution in [2.45, 2.75) is 13.0 Å². The summed E-state index contributed by atoms with van der Waals surface area (Å²) < 4.78 is 0.970. The zero-order valence-corrected chi connectivity index (χ0v) is 17.0. The average molecular weight is 452 g/mol. The van der Waals surface area contributed by atoms with Crippen LogP contribution in [0.1, 0.15) is 16.8 Å². The van der Waals surface area contributed by atoms with E-state index in [9.17, 15) is 4.79 Å². The highest BCUT2D eigenvalue weighted by atomic mass is 79.9. The summed E-state index contributed by atoms with van der Waals surface area (Å²) in [6.45, 7) is 0.968. The molecule has 4 rings (SSSR count). The van der Waals surface area contributed by atoms with E-state index in [2.05, 4.69) is 46.7 Å². The van der Waals surface area contributed by atoms with E-state index in [4.69, 9.17) is 0 Å². The molecular weight excluding hydrogens is 434 g/mol. The van der Waals surface area contributed by atoms with Crippen molar-refractivity contribution in [2.24, 2.45) is 5.10 Å². The smallest absolute Gasteiger partial charge is 0.338 e. The molecule has 0 bridgehead atoms. The number of hydrogen-bond acceptors (Lipinski definition) is 6. The van der Waals surface area contributed by atoms with Gasteiger partial charge in [0.25, 0.3) is 0 Å². The van der Waals surface area contributed by atoms with E-state index in [1.54, 1.807) is 29.8 Å². The van der Waals surface area contributed by atoms with E-state index in [0.717, 1.165) is 27.0 Å². The fraction of sp³-hybridized carbons (Fsp3) is 0.150. The number of nitrogens with zero attached hydrogens (tertiary/aromatic N) is 5. The Balaban J connectivity index is 1.46. The minimum atomic E-state index is -0.270. The predicted molar refractivity (Wildman–Crippen MR) is 114 cm³/mol. The second-order valence-corrected chi connectivity index (χ2v) is 7.33. The first-order chi connectivity index (χ1) is 14.2. The molecule has 9 heteroatoms. The van der Waals surface area contributed by atoms with Crippen LogP contribution in [0.15, 0.2) is 64.7 Å². The van der Waals surface area contributed by atoms with Crippen molar-refractivity contribution >= 4 is 39.7 Å². The number of nitrogens with one attached hydrogen (secondary N) is 2. The molecule has 3 aromatic rings. The summed E-state index contributed by atoms with van der Waals surface area (Å²) in [6, 6.07) is 11.2. The number of amides is 2. The number of aromatic nitrogens is 3. The minimum absolute atomic E-state index is 0.270. The number of anilines is 2. The van der Waals surface area contributed by atoms with Gasteiger partial charge >= 0.3 is 6.03 Å². The van der Waals surface area contributed by atoms with Gasteiger partial charge in [0.1, 0.15) is 12.1 Å². The number of halogens is 1. The normalized spacial score (nSPS) is 13.2. The zero-order chi connectivity index (χ0) is 20.1. The molecule has 2 N–H and O–H groups in total. The lowest BCUT2D eigenvalue weighted by molar-refractivity contribution is 0.192. The Morgan fingerprint density at radius 1 is 1.24 bits per heavy atom. The first kappa shape index (κ1) is 19.0. The molecule has 3 heterocycles. The van der Waals surface area contributed by atoms with Crippen LogP contribution in [0.2, 0.25) is 0 Å². The van der Waals surface area contributed by atoms with Crippen molar-refractivity contribution in [1.82, 2.24) is 25.3 Å². The maximum absolute atomic E-state index is 12.5. The van der Waals surface area contributed by atoms with Crippen molar-refractivity contribution in [3.8, 4) is 0 Å². The van der Waals surface area contributed by atoms with Gasteiger partial charge in [-0.25, -0.2) is 20.2 Å². The fourth-order valence-corrected chi connectivity index (χ4v) is 3.41. The molecule has 8 nitrogen and oxygen atoms in total. The van der Waals surface area contributed by atoms with Crippen LogP contribution >= 0.6 is 15.9 Å². The Bertz CT molecular complexity index is 1040. The Morgan fingerprint density at radius 3 is 3.00 bits per heavy atom. The van der Waals surface area contributed by atoms with Crippen molar-refractivity contribution in [2.75, 3.05) is 11.9 Å². The summed E-state index contributed by atoms with van der Waals surface area (Å²) in [5.74, 6) is 0.699. The van der Waals surface area contributed by atoms with Crippen LogP contribution in [0.4, 0.5) is 16.3 Å². The summed E-state index contributed by atoms with van der Waals surface area (Å²) >= 11 is 3.47. The number of hydrogen-bond donors (Lipinski definition) is 2. The molecule has 0 aliphatic carbocycles. The molecule has 2 aromatic heterocycles. The van der Waals surface area contributed by atoms with Crippen LogP contribution in [-0.4, -0.2) is 38.6 Å². The number of benzene rings is 1. The van der Waals surface area contributed by atoms with Gasteiger partial charge in [-0.05, 0) is 24.3 Å². The second-order valence-electron chi connectivity index (χ2n) is 6.42. The van der Waals surface area contributed by atoms with Gasteiger partial charge in [0.2, 0.25) is 0 Å². The Kier molecular flexibility index (Phi) is 5.76. The summed E-state index contributed by atoms with van der Waals surface area (Å²) in [4.78, 5) is 27.0. The molecule has 0 spiro atoms. The number of pyridine rings is 1. The highest BCUT2D eigenvalue weighted by Crippen LogP contribution is 2.26. The number of urea groups is 1. The minimum Gasteiger partial charge on any atom is -0.340 e. The van der Waals surface area contributed by atoms with Crippen molar-refractivity contribution in [1.29, 1.82) is 0 Å². The summed E-state index contributed by atoms with van der Waals surface area (Å²) in [7, 11) is 0. The topological polar surface area (TPSA) is 95.4 Å². The van der Waals surface area contributed by atoms with Crippen molar-refractivity contribution < 1.29 is 4.79 Å². The lowest BCUT2D eigenvalue weighted by Gasteiger charge is -2.28. The lowest BCUT2D eigenvalue weighted by Crippen LogP contribution is -2.41. The van der Waals surface area contributed by atoms with E-state index < -0.39 is 0 Å². The molecule has 2 amide bonds. The van der Waals surface area contributed by atoms with E-state index in [1.807, 2.05) is 36.4 Å². The molecule has 0 atom stereocenters. The molecule has 0 fully saturated rings. The highest BCUT2D eigenvalue weighted by Gasteiger charge is 2.24. The summed E-state index contributed by atoms with van der Waals surface area (Å²) in [5.41, 5.74) is 6.14. The molecule has 146 valence electrons. The van der Waals surface area contributed by atoms with Crippen LogP contribution < -0.4 is 10.7 Å². The first-order valence-electron chi connectivity index (χ1n) is 9.02. The molecule has 29 heavy (non-hydrogen) atoms. The third kappa shape index (κ3) is 4.75. The molecular formula is C20H18BrN7O. The quantitative estimate of drug-likeness (QED) is 0.467. The van der Waals surface area contributed by atoms with Gasteiger partial charge in [0.15, 0.2) is 0 Å². The van der Waals surface area contributed by atoms with E-state index in [0.29, 0.717) is 25.3 Å². The van der Waals surface area contributed by atoms with Crippen LogP contribution in [0.25, 0.3) is 0 Å². The average Bonchev–Trinajstić information content (AvgIpc) is 2.74. The van der Waals surface area contributed by atoms with Gasteiger partial charge in [-0.15, -0.1) is 0 Å². The summed E-state index contributed by atoms with van der Waals surface area (Å²) in [5, 5.41) is 7.34. The number of carbonyl (C=O) groups is 1. The van der Waals surface area contributed by atoms with Gasteiger partial charge < -0.3 is 10.2 Å². The van der Waals surface area contributed by atoms with Crippen LogP contribution in [0, 0.1) is 0 Å². The monoisotopic (exact) mass is 451 g/mol. The third-order valence-corrected chi connectivity index (χ3v) is 4.93. The van der Waals surface area contributed by atoms with E-state index in [-0.39, 0.29) is 6.03 Å². The zero-order valence-electron chi connectivity index (χ0n) is 15.4. The van der Waals surface area contributed by atoms with Crippen molar-refractivity contribution in [3.63, 3.8) is 0 Å². The summed E-state index contributed by atoms with van der Waals surface area (Å²) in [6.07, 6.45) is 7.12. The molecule has 1 aromatic carbocycles. The van der Waals surface area contributed by atoms with E-state index >= 15 is 0 Å². The number of rotatable bonds is 4. The van der Waals surface area contributed by atoms with Gasteiger partial charge in [0, 0.05) is 46.6 Å². The Hall–Kier alpha value is -3.33. The van der Waals surface area contributed by atoms with Gasteiger partial charge in [-0.2, -0.15) is 5.10 Å². The predicted octanol–water partition coefficient (Wildman–Crippen LogP) is 3.48. The fourth-order valence-electron chi connectivity index (χ4n) is 3.01. The van der Waals surface area contributed by atoms with Crippen molar-refractivity contribution in [3.05, 3.63) is 76.4 Å². The molecule has 0 radical (unpaired) electrons. The maximum Gasteiger partial charge on any atom is 0.338 e. The first-order valence-corrected chi connectivity index (χ1v) is 9.82. The van der Waals surface area contributed by atoms with Gasteiger partial charge in [0.05, 0.1) is 18.5 Å². The molecule has 0 saturated heterocycles. The Labute approximate surface area is 176 Å². The lowest BCUT2D eigenvalue weighted by atomic mass is 10.1. The van der Waals surface area contributed by atoms with Gasteiger partial charge in [-0.1, -0.05) is 28.1 Å². The van der Waals surface area contributed by atoms with Crippen LogP contribution in [-0.2, 0) is 13.0 Å².